The number of aryl methyl sites for hydroxylation is 1. The first kappa shape index (κ1) is 19.7. The molecule has 2 aromatic heterocycles. The fourth-order valence-electron chi connectivity index (χ4n) is 3.25. The van der Waals surface area contributed by atoms with Gasteiger partial charge in [0.05, 0.1) is 35.9 Å². The number of aromatic nitrogens is 3. The summed E-state index contributed by atoms with van der Waals surface area (Å²) in [5, 5.41) is 11.8. The van der Waals surface area contributed by atoms with Crippen molar-refractivity contribution < 1.29 is 18.3 Å². The average Bonchev–Trinajstić information content (AvgIpc) is 3.44. The van der Waals surface area contributed by atoms with Gasteiger partial charge in [0.25, 0.3) is 0 Å². The molecule has 4 rings (SSSR count). The summed E-state index contributed by atoms with van der Waals surface area (Å²) in [6, 6.07) is 7.93. The molecule has 0 bridgehead atoms. The highest BCUT2D eigenvalue weighted by Crippen LogP contribution is 2.29. The number of hydrogen-bond donors (Lipinski definition) is 1. The van der Waals surface area contributed by atoms with Crippen LogP contribution in [-0.2, 0) is 16.1 Å². The number of carbonyl (C=O) groups is 1. The van der Waals surface area contributed by atoms with Gasteiger partial charge in [-0.3, -0.25) is 9.36 Å². The van der Waals surface area contributed by atoms with Gasteiger partial charge in [0.2, 0.25) is 5.91 Å². The predicted molar refractivity (Wildman–Crippen MR) is 107 cm³/mol. The Morgan fingerprint density at radius 2 is 2.21 bits per heavy atom. The standard InChI is InChI=1S/C20H21FN4O3S/c1-13-15(8-10-27-13)19-23-24-20(25(19)11-14-5-4-9-28-14)29-12-18(26)22-17-7-3-2-6-16(17)21/h2-3,6-8,10,14H,4-5,9,11-12H2,1H3,(H,22,26). The van der Waals surface area contributed by atoms with Crippen molar-refractivity contribution >= 4 is 23.4 Å². The summed E-state index contributed by atoms with van der Waals surface area (Å²) in [6.45, 7) is 3.22. The molecule has 0 aliphatic carbocycles. The van der Waals surface area contributed by atoms with Gasteiger partial charge in [0, 0.05) is 6.61 Å². The largest absolute Gasteiger partial charge is 0.469 e. The molecule has 1 unspecified atom stereocenters. The van der Waals surface area contributed by atoms with Gasteiger partial charge in [-0.1, -0.05) is 23.9 Å². The Labute approximate surface area is 171 Å². The van der Waals surface area contributed by atoms with Crippen LogP contribution in [0.25, 0.3) is 11.4 Å². The Morgan fingerprint density at radius 1 is 1.34 bits per heavy atom. The number of nitrogens with zero attached hydrogens (tertiary/aromatic N) is 3. The van der Waals surface area contributed by atoms with Crippen molar-refractivity contribution in [3.63, 3.8) is 0 Å². The van der Waals surface area contributed by atoms with E-state index in [0.29, 0.717) is 17.5 Å². The van der Waals surface area contributed by atoms with Crippen LogP contribution in [0.15, 0.2) is 46.2 Å². The van der Waals surface area contributed by atoms with Gasteiger partial charge in [0.1, 0.15) is 11.6 Å². The SMILES string of the molecule is Cc1occc1-c1nnc(SCC(=O)Nc2ccccc2F)n1CC1CCCO1. The van der Waals surface area contributed by atoms with E-state index >= 15 is 0 Å². The van der Waals surface area contributed by atoms with Crippen LogP contribution in [0.4, 0.5) is 10.1 Å². The van der Waals surface area contributed by atoms with Gasteiger partial charge in [0.15, 0.2) is 11.0 Å². The molecule has 1 aliphatic heterocycles. The molecule has 1 fully saturated rings. The van der Waals surface area contributed by atoms with Crippen LogP contribution in [-0.4, -0.2) is 39.1 Å². The number of halogens is 1. The molecule has 9 heteroatoms. The fraction of sp³-hybridized carbons (Fsp3) is 0.350. The second-order valence-corrected chi connectivity index (χ2v) is 7.70. The van der Waals surface area contributed by atoms with Gasteiger partial charge in [-0.05, 0) is 38.0 Å². The molecule has 3 aromatic rings. The molecule has 3 heterocycles. The van der Waals surface area contributed by atoms with E-state index in [1.54, 1.807) is 18.4 Å². The van der Waals surface area contributed by atoms with Gasteiger partial charge < -0.3 is 14.5 Å². The number of thioether (sulfide) groups is 1. The summed E-state index contributed by atoms with van der Waals surface area (Å²) in [5.74, 6) is 0.740. The molecule has 1 amide bonds. The van der Waals surface area contributed by atoms with Crippen molar-refractivity contribution in [2.45, 2.75) is 37.6 Å². The van der Waals surface area contributed by atoms with Gasteiger partial charge in [-0.25, -0.2) is 4.39 Å². The van der Waals surface area contributed by atoms with E-state index in [9.17, 15) is 9.18 Å². The maximum absolute atomic E-state index is 13.7. The molecule has 1 saturated heterocycles. The Morgan fingerprint density at radius 3 is 2.93 bits per heavy atom. The summed E-state index contributed by atoms with van der Waals surface area (Å²) >= 11 is 1.26. The first-order valence-electron chi connectivity index (χ1n) is 9.38. The van der Waals surface area contributed by atoms with Crippen molar-refractivity contribution in [1.29, 1.82) is 0 Å². The number of para-hydroxylation sites is 1. The quantitative estimate of drug-likeness (QED) is 0.589. The highest BCUT2D eigenvalue weighted by atomic mass is 32.2. The van der Waals surface area contributed by atoms with Crippen LogP contribution in [0.1, 0.15) is 18.6 Å². The molecule has 7 nitrogen and oxygen atoms in total. The van der Waals surface area contributed by atoms with Crippen LogP contribution >= 0.6 is 11.8 Å². The Kier molecular flexibility index (Phi) is 5.96. The third-order valence-corrected chi connectivity index (χ3v) is 5.67. The monoisotopic (exact) mass is 416 g/mol. The number of ether oxygens (including phenoxy) is 1. The molecule has 0 saturated carbocycles. The summed E-state index contributed by atoms with van der Waals surface area (Å²) in [4.78, 5) is 12.3. The third kappa shape index (κ3) is 4.51. The van der Waals surface area contributed by atoms with Gasteiger partial charge in [-0.2, -0.15) is 0 Å². The number of nitrogens with one attached hydrogen (secondary N) is 1. The Balaban J connectivity index is 1.50. The van der Waals surface area contributed by atoms with E-state index in [-0.39, 0.29) is 23.5 Å². The summed E-state index contributed by atoms with van der Waals surface area (Å²) in [5.41, 5.74) is 1.02. The van der Waals surface area contributed by atoms with Gasteiger partial charge in [-0.15, -0.1) is 10.2 Å². The Hall–Kier alpha value is -2.65. The van der Waals surface area contributed by atoms with Crippen molar-refractivity contribution in [2.24, 2.45) is 0 Å². The van der Waals surface area contributed by atoms with Gasteiger partial charge >= 0.3 is 0 Å². The molecule has 1 N–H and O–H groups in total. The minimum Gasteiger partial charge on any atom is -0.469 e. The summed E-state index contributed by atoms with van der Waals surface area (Å²) < 4.78 is 26.9. The molecule has 1 atom stereocenters. The van der Waals surface area contributed by atoms with E-state index in [0.717, 1.165) is 30.8 Å². The predicted octanol–water partition coefficient (Wildman–Crippen LogP) is 3.90. The highest BCUT2D eigenvalue weighted by Gasteiger charge is 2.23. The minimum absolute atomic E-state index is 0.0857. The highest BCUT2D eigenvalue weighted by molar-refractivity contribution is 7.99. The molecule has 29 heavy (non-hydrogen) atoms. The molecule has 0 radical (unpaired) electrons. The molecular weight excluding hydrogens is 395 g/mol. The van der Waals surface area contributed by atoms with E-state index in [1.807, 2.05) is 17.6 Å². The number of benzene rings is 1. The molecule has 0 spiro atoms. The first-order valence-corrected chi connectivity index (χ1v) is 10.4. The number of furan rings is 1. The molecular formula is C20H21FN4O3S. The Bertz CT molecular complexity index is 997. The van der Waals surface area contributed by atoms with E-state index < -0.39 is 5.82 Å². The van der Waals surface area contributed by atoms with Crippen LogP contribution < -0.4 is 5.32 Å². The van der Waals surface area contributed by atoms with Crippen LogP contribution in [0.5, 0.6) is 0 Å². The zero-order valence-electron chi connectivity index (χ0n) is 15.9. The zero-order valence-corrected chi connectivity index (χ0v) is 16.7. The second-order valence-electron chi connectivity index (χ2n) is 6.76. The maximum atomic E-state index is 13.7. The van der Waals surface area contributed by atoms with Crippen LogP contribution in [0.3, 0.4) is 0 Å². The lowest BCUT2D eigenvalue weighted by Gasteiger charge is -2.14. The second kappa shape index (κ2) is 8.79. The minimum atomic E-state index is -0.467. The number of amides is 1. The van der Waals surface area contributed by atoms with Crippen molar-refractivity contribution in [1.82, 2.24) is 14.8 Å². The molecule has 1 aromatic carbocycles. The zero-order chi connectivity index (χ0) is 20.2. The van der Waals surface area contributed by atoms with E-state index in [1.165, 1.54) is 23.9 Å². The maximum Gasteiger partial charge on any atom is 0.234 e. The lowest BCUT2D eigenvalue weighted by molar-refractivity contribution is -0.113. The third-order valence-electron chi connectivity index (χ3n) is 4.71. The smallest absolute Gasteiger partial charge is 0.234 e. The summed E-state index contributed by atoms with van der Waals surface area (Å²) in [7, 11) is 0. The van der Waals surface area contributed by atoms with Crippen molar-refractivity contribution in [3.8, 4) is 11.4 Å². The molecule has 1 aliphatic rings. The number of rotatable bonds is 7. The van der Waals surface area contributed by atoms with Crippen molar-refractivity contribution in [2.75, 3.05) is 17.7 Å². The lowest BCUT2D eigenvalue weighted by Crippen LogP contribution is -2.18. The normalized spacial score (nSPS) is 16.3. The van der Waals surface area contributed by atoms with Crippen LogP contribution in [0.2, 0.25) is 0 Å². The van der Waals surface area contributed by atoms with Crippen molar-refractivity contribution in [3.05, 3.63) is 48.2 Å². The van der Waals surface area contributed by atoms with E-state index in [2.05, 4.69) is 15.5 Å². The summed E-state index contributed by atoms with van der Waals surface area (Å²) in [6.07, 6.45) is 3.70. The van der Waals surface area contributed by atoms with E-state index in [4.69, 9.17) is 9.15 Å². The molecule has 152 valence electrons. The number of hydrogen-bond acceptors (Lipinski definition) is 6. The van der Waals surface area contributed by atoms with Crippen LogP contribution in [0, 0.1) is 12.7 Å². The fourth-order valence-corrected chi connectivity index (χ4v) is 3.99. The topological polar surface area (TPSA) is 82.2 Å². The number of carbonyl (C=O) groups excluding carboxylic acids is 1. The number of anilines is 1. The average molecular weight is 416 g/mol. The lowest BCUT2D eigenvalue weighted by atomic mass is 10.2. The first-order chi connectivity index (χ1) is 14.1.